The summed E-state index contributed by atoms with van der Waals surface area (Å²) in [7, 11) is 1.42. The molecule has 0 aliphatic carbocycles. The Labute approximate surface area is 173 Å². The van der Waals surface area contributed by atoms with Crippen LogP contribution in [0, 0.1) is 11.8 Å². The highest BCUT2D eigenvalue weighted by Crippen LogP contribution is 2.28. The zero-order valence-corrected chi connectivity index (χ0v) is 17.7. The van der Waals surface area contributed by atoms with Crippen molar-refractivity contribution in [3.8, 4) is 11.8 Å². The van der Waals surface area contributed by atoms with E-state index in [-0.39, 0.29) is 5.97 Å². The normalized spacial score (nSPS) is 12.1. The minimum Gasteiger partial charge on any atom is -0.468 e. The molecule has 29 heavy (non-hydrogen) atoms. The second kappa shape index (κ2) is 8.97. The molecule has 0 fully saturated rings. The molecule has 0 heterocycles. The van der Waals surface area contributed by atoms with Gasteiger partial charge < -0.3 is 4.74 Å². The highest BCUT2D eigenvalue weighted by Gasteiger charge is 2.30. The largest absolute Gasteiger partial charge is 0.468 e. The topological polar surface area (TPSA) is 26.3 Å². The van der Waals surface area contributed by atoms with Crippen LogP contribution in [0.1, 0.15) is 56.2 Å². The lowest BCUT2D eigenvalue weighted by Crippen LogP contribution is -2.30. The van der Waals surface area contributed by atoms with Crippen LogP contribution in [0.25, 0.3) is 10.8 Å². The third-order valence-electron chi connectivity index (χ3n) is 5.59. The Bertz CT molecular complexity index is 1040. The number of benzene rings is 3. The summed E-state index contributed by atoms with van der Waals surface area (Å²) in [5.41, 5.74) is 2.63. The van der Waals surface area contributed by atoms with E-state index in [1.54, 1.807) is 0 Å². The van der Waals surface area contributed by atoms with Crippen molar-refractivity contribution in [2.45, 2.75) is 44.9 Å². The Morgan fingerprint density at radius 3 is 2.41 bits per heavy atom. The Morgan fingerprint density at radius 2 is 1.69 bits per heavy atom. The number of fused-ring (bicyclic) bond motifs is 1. The van der Waals surface area contributed by atoms with Crippen molar-refractivity contribution < 1.29 is 9.53 Å². The van der Waals surface area contributed by atoms with E-state index < -0.39 is 5.41 Å². The highest BCUT2D eigenvalue weighted by atomic mass is 16.5. The summed E-state index contributed by atoms with van der Waals surface area (Å²) in [6.07, 6.45) is 1.87. The zero-order valence-electron chi connectivity index (χ0n) is 17.7. The molecule has 1 atom stereocenters. The molecule has 0 aromatic heterocycles. The van der Waals surface area contributed by atoms with Gasteiger partial charge in [-0.1, -0.05) is 73.4 Å². The van der Waals surface area contributed by atoms with E-state index in [2.05, 4.69) is 61.2 Å². The molecule has 2 heteroatoms. The fourth-order valence-electron chi connectivity index (χ4n) is 3.63. The van der Waals surface area contributed by atoms with Crippen LogP contribution in [0.5, 0.6) is 0 Å². The van der Waals surface area contributed by atoms with Crippen molar-refractivity contribution >= 4 is 16.7 Å². The molecule has 0 saturated heterocycles. The van der Waals surface area contributed by atoms with Crippen LogP contribution in [0.4, 0.5) is 0 Å². The average Bonchev–Trinajstić information content (AvgIpc) is 2.75. The van der Waals surface area contributed by atoms with Crippen LogP contribution >= 0.6 is 0 Å². The molecule has 0 unspecified atom stereocenters. The number of rotatable bonds is 5. The van der Waals surface area contributed by atoms with E-state index in [9.17, 15) is 4.79 Å². The number of carbonyl (C=O) groups is 1. The maximum atomic E-state index is 11.9. The molecule has 0 aliphatic heterocycles. The van der Waals surface area contributed by atoms with E-state index in [0.29, 0.717) is 5.92 Å². The van der Waals surface area contributed by atoms with Gasteiger partial charge in [0.05, 0.1) is 12.5 Å². The van der Waals surface area contributed by atoms with E-state index in [1.807, 2.05) is 38.1 Å². The molecule has 0 bridgehead atoms. The van der Waals surface area contributed by atoms with Crippen molar-refractivity contribution in [3.05, 3.63) is 83.4 Å². The highest BCUT2D eigenvalue weighted by molar-refractivity contribution is 5.86. The van der Waals surface area contributed by atoms with Crippen LogP contribution in [0.3, 0.4) is 0 Å². The molecule has 0 spiro atoms. The lowest BCUT2D eigenvalue weighted by Gasteiger charge is -2.21. The lowest BCUT2D eigenvalue weighted by molar-refractivity contribution is -0.146. The molecule has 0 amide bonds. The number of esters is 1. The van der Waals surface area contributed by atoms with Gasteiger partial charge in [-0.3, -0.25) is 4.79 Å². The van der Waals surface area contributed by atoms with Crippen molar-refractivity contribution in [2.75, 3.05) is 7.11 Å². The first-order chi connectivity index (χ1) is 13.9. The third-order valence-corrected chi connectivity index (χ3v) is 5.59. The minimum absolute atomic E-state index is 0.237. The number of hydrogen-bond acceptors (Lipinski definition) is 2. The Hall–Kier alpha value is -3.05. The molecule has 3 rings (SSSR count). The summed E-state index contributed by atoms with van der Waals surface area (Å²) in [4.78, 5) is 11.9. The summed E-state index contributed by atoms with van der Waals surface area (Å²) < 4.78 is 4.90. The lowest BCUT2D eigenvalue weighted by atomic mass is 9.84. The standard InChI is InChI=1S/C27H28O2/c1-20(24-15-9-13-22-12-7-8-14-25(22)24)10-5-6-11-21-16-18-23(19-17-21)27(2,3)26(28)29-4/h7-9,12-20H,5,10H2,1-4H3/t20-/m0/s1. The van der Waals surface area contributed by atoms with Crippen molar-refractivity contribution in [1.29, 1.82) is 0 Å². The first-order valence-electron chi connectivity index (χ1n) is 10.1. The van der Waals surface area contributed by atoms with Gasteiger partial charge in [0, 0.05) is 12.0 Å². The smallest absolute Gasteiger partial charge is 0.315 e. The Balaban J connectivity index is 1.63. The second-order valence-electron chi connectivity index (χ2n) is 8.00. The number of ether oxygens (including phenoxy) is 1. The Kier molecular flexibility index (Phi) is 6.39. The van der Waals surface area contributed by atoms with Crippen LogP contribution < -0.4 is 0 Å². The van der Waals surface area contributed by atoms with Crippen molar-refractivity contribution in [1.82, 2.24) is 0 Å². The fraction of sp³-hybridized carbons (Fsp3) is 0.296. The summed E-state index contributed by atoms with van der Waals surface area (Å²) in [6.45, 7) is 6.01. The number of carbonyl (C=O) groups excluding carboxylic acids is 1. The van der Waals surface area contributed by atoms with E-state index >= 15 is 0 Å². The van der Waals surface area contributed by atoms with Gasteiger partial charge in [-0.05, 0) is 60.2 Å². The van der Waals surface area contributed by atoms with Gasteiger partial charge in [0.1, 0.15) is 0 Å². The van der Waals surface area contributed by atoms with Crippen LogP contribution in [-0.4, -0.2) is 13.1 Å². The van der Waals surface area contributed by atoms with Crippen LogP contribution in [0.2, 0.25) is 0 Å². The molecule has 0 aliphatic rings. The molecule has 148 valence electrons. The second-order valence-corrected chi connectivity index (χ2v) is 8.00. The quantitative estimate of drug-likeness (QED) is 0.385. The number of methoxy groups -OCH3 is 1. The molecule has 0 saturated carbocycles. The molecule has 0 radical (unpaired) electrons. The number of hydrogen-bond donors (Lipinski definition) is 0. The molecular weight excluding hydrogens is 356 g/mol. The Morgan fingerprint density at radius 1 is 1.00 bits per heavy atom. The predicted molar refractivity (Wildman–Crippen MR) is 120 cm³/mol. The predicted octanol–water partition coefficient (Wildman–Crippen LogP) is 6.23. The first-order valence-corrected chi connectivity index (χ1v) is 10.1. The van der Waals surface area contributed by atoms with Crippen LogP contribution in [-0.2, 0) is 14.9 Å². The summed E-state index contributed by atoms with van der Waals surface area (Å²) in [5.74, 6) is 6.77. The molecule has 3 aromatic carbocycles. The van der Waals surface area contributed by atoms with Gasteiger partial charge >= 0.3 is 5.97 Å². The van der Waals surface area contributed by atoms with Gasteiger partial charge in [0.2, 0.25) is 0 Å². The monoisotopic (exact) mass is 384 g/mol. The molecule has 3 aromatic rings. The van der Waals surface area contributed by atoms with Crippen LogP contribution in [0.15, 0.2) is 66.7 Å². The maximum absolute atomic E-state index is 11.9. The molecule has 0 N–H and O–H groups in total. The summed E-state index contributed by atoms with van der Waals surface area (Å²) in [6, 6.07) is 22.9. The van der Waals surface area contributed by atoms with Gasteiger partial charge in [0.25, 0.3) is 0 Å². The minimum atomic E-state index is -0.658. The third kappa shape index (κ3) is 4.69. The van der Waals surface area contributed by atoms with E-state index in [0.717, 1.165) is 24.0 Å². The first kappa shape index (κ1) is 20.7. The van der Waals surface area contributed by atoms with E-state index in [4.69, 9.17) is 4.74 Å². The SMILES string of the molecule is COC(=O)C(C)(C)c1ccc(C#CCC[C@H](C)c2cccc3ccccc23)cc1. The van der Waals surface area contributed by atoms with Crippen molar-refractivity contribution in [2.24, 2.45) is 0 Å². The van der Waals surface area contributed by atoms with Gasteiger partial charge in [-0.2, -0.15) is 0 Å². The van der Waals surface area contributed by atoms with Gasteiger partial charge in [-0.15, -0.1) is 0 Å². The average molecular weight is 385 g/mol. The summed E-state index contributed by atoms with van der Waals surface area (Å²) >= 11 is 0. The zero-order chi connectivity index (χ0) is 20.9. The summed E-state index contributed by atoms with van der Waals surface area (Å²) in [5, 5.41) is 2.62. The van der Waals surface area contributed by atoms with Crippen molar-refractivity contribution in [3.63, 3.8) is 0 Å². The maximum Gasteiger partial charge on any atom is 0.315 e. The van der Waals surface area contributed by atoms with Gasteiger partial charge in [0.15, 0.2) is 0 Å². The van der Waals surface area contributed by atoms with E-state index in [1.165, 1.54) is 23.4 Å². The van der Waals surface area contributed by atoms with Gasteiger partial charge in [-0.25, -0.2) is 0 Å². The fourth-order valence-corrected chi connectivity index (χ4v) is 3.63. The molecule has 2 nitrogen and oxygen atoms in total. The molecular formula is C27H28O2.